The van der Waals surface area contributed by atoms with E-state index in [2.05, 4.69) is 5.32 Å². The zero-order valence-corrected chi connectivity index (χ0v) is 23.9. The highest BCUT2D eigenvalue weighted by Gasteiger charge is 2.33. The van der Waals surface area contributed by atoms with Crippen LogP contribution < -0.4 is 19.1 Å². The summed E-state index contributed by atoms with van der Waals surface area (Å²) in [5.74, 6) is -0.129. The molecule has 1 N–H and O–H groups in total. The Kier molecular flexibility index (Phi) is 10.2. The van der Waals surface area contributed by atoms with Gasteiger partial charge in [0.25, 0.3) is 0 Å². The Hall–Kier alpha value is -2.98. The van der Waals surface area contributed by atoms with Crippen LogP contribution in [0.2, 0.25) is 5.02 Å². The number of carbonyl (C=O) groups excluding carboxylic acids is 2. The second-order valence-corrected chi connectivity index (χ2v) is 12.0. The van der Waals surface area contributed by atoms with E-state index in [9.17, 15) is 18.0 Å². The third kappa shape index (κ3) is 8.53. The largest absolute Gasteiger partial charge is 0.493 e. The minimum absolute atomic E-state index is 0.0929. The Bertz CT molecular complexity index is 1200. The maximum atomic E-state index is 13.8. The van der Waals surface area contributed by atoms with Crippen molar-refractivity contribution in [3.63, 3.8) is 0 Å². The fraction of sp³-hybridized carbons (Fsp3) is 0.462. The van der Waals surface area contributed by atoms with E-state index in [1.807, 2.05) is 20.8 Å². The highest BCUT2D eigenvalue weighted by Crippen LogP contribution is 2.32. The van der Waals surface area contributed by atoms with E-state index in [1.54, 1.807) is 37.3 Å². The molecule has 2 rings (SSSR count). The predicted octanol–water partition coefficient (Wildman–Crippen LogP) is 3.85. The summed E-state index contributed by atoms with van der Waals surface area (Å²) in [5, 5.41) is 3.46. The number of anilines is 1. The molecule has 0 saturated heterocycles. The molecule has 0 aliphatic heterocycles. The zero-order chi connectivity index (χ0) is 28.0. The highest BCUT2D eigenvalue weighted by atomic mass is 35.5. The van der Waals surface area contributed by atoms with Crippen LogP contribution in [0.3, 0.4) is 0 Å². The van der Waals surface area contributed by atoms with Crippen molar-refractivity contribution in [2.75, 3.05) is 31.3 Å². The number of nitrogens with zero attached hydrogens (tertiary/aromatic N) is 2. The van der Waals surface area contributed by atoms with E-state index in [0.717, 1.165) is 16.1 Å². The first kappa shape index (κ1) is 30.2. The van der Waals surface area contributed by atoms with Gasteiger partial charge in [-0.05, 0) is 57.0 Å². The Morgan fingerprint density at radius 2 is 1.62 bits per heavy atom. The highest BCUT2D eigenvalue weighted by molar-refractivity contribution is 7.92. The summed E-state index contributed by atoms with van der Waals surface area (Å²) in [7, 11) is -0.974. The van der Waals surface area contributed by atoms with E-state index in [4.69, 9.17) is 21.1 Å². The molecule has 0 unspecified atom stereocenters. The first-order valence-electron chi connectivity index (χ1n) is 11.8. The Morgan fingerprint density at radius 3 is 2.11 bits per heavy atom. The second kappa shape index (κ2) is 12.5. The number of nitrogens with one attached hydrogen (secondary N) is 1. The van der Waals surface area contributed by atoms with Crippen molar-refractivity contribution in [2.45, 2.75) is 52.2 Å². The van der Waals surface area contributed by atoms with Crippen molar-refractivity contribution in [1.29, 1.82) is 0 Å². The molecular weight excluding hydrogens is 518 g/mol. The number of methoxy groups -OCH3 is 2. The van der Waals surface area contributed by atoms with Crippen LogP contribution >= 0.6 is 11.6 Å². The van der Waals surface area contributed by atoms with Crippen LogP contribution in [0.4, 0.5) is 5.69 Å². The number of hydrogen-bond donors (Lipinski definition) is 1. The van der Waals surface area contributed by atoms with Gasteiger partial charge in [-0.1, -0.05) is 30.7 Å². The monoisotopic (exact) mass is 553 g/mol. The lowest BCUT2D eigenvalue weighted by atomic mass is 10.1. The van der Waals surface area contributed by atoms with Gasteiger partial charge in [0.05, 0.1) is 26.2 Å². The first-order chi connectivity index (χ1) is 17.2. The maximum Gasteiger partial charge on any atom is 0.244 e. The molecule has 0 heterocycles. The lowest BCUT2D eigenvalue weighted by Crippen LogP contribution is -2.55. The molecule has 0 saturated carbocycles. The molecule has 0 bridgehead atoms. The summed E-state index contributed by atoms with van der Waals surface area (Å²) in [6.07, 6.45) is 1.35. The van der Waals surface area contributed by atoms with E-state index in [1.165, 1.54) is 31.3 Å². The van der Waals surface area contributed by atoms with Crippen molar-refractivity contribution >= 4 is 39.1 Å². The van der Waals surface area contributed by atoms with E-state index in [-0.39, 0.29) is 18.1 Å². The van der Waals surface area contributed by atoms with Gasteiger partial charge in [-0.3, -0.25) is 13.9 Å². The van der Waals surface area contributed by atoms with Crippen LogP contribution in [0.25, 0.3) is 0 Å². The van der Waals surface area contributed by atoms with Gasteiger partial charge in [-0.2, -0.15) is 0 Å². The van der Waals surface area contributed by atoms with E-state index in [0.29, 0.717) is 22.9 Å². The zero-order valence-electron chi connectivity index (χ0n) is 22.4. The molecule has 2 aromatic rings. The van der Waals surface area contributed by atoms with Crippen LogP contribution in [-0.2, 0) is 26.2 Å². The Labute approximate surface area is 224 Å². The van der Waals surface area contributed by atoms with Gasteiger partial charge in [0.15, 0.2) is 11.5 Å². The smallest absolute Gasteiger partial charge is 0.244 e. The van der Waals surface area contributed by atoms with Gasteiger partial charge in [0.2, 0.25) is 21.8 Å². The number of hydrogen-bond acceptors (Lipinski definition) is 6. The molecule has 2 amide bonds. The molecule has 9 nitrogen and oxygen atoms in total. The third-order valence-electron chi connectivity index (χ3n) is 5.48. The average molecular weight is 554 g/mol. The quantitative estimate of drug-likeness (QED) is 0.453. The number of carbonyl (C=O) groups is 2. The second-order valence-electron chi connectivity index (χ2n) is 9.62. The summed E-state index contributed by atoms with van der Waals surface area (Å²) < 4.78 is 37.1. The normalized spacial score (nSPS) is 12.4. The molecule has 0 aromatic heterocycles. The SMILES string of the molecule is CC[C@@H](C(=O)NC(C)(C)C)N(Cc1ccc(Cl)cc1)C(=O)CN(c1ccc(OC)c(OC)c1)S(C)(=O)=O. The molecule has 0 fully saturated rings. The van der Waals surface area contributed by atoms with Crippen LogP contribution in [0.5, 0.6) is 11.5 Å². The van der Waals surface area contributed by atoms with E-state index >= 15 is 0 Å². The number of amides is 2. The Morgan fingerprint density at radius 1 is 1.03 bits per heavy atom. The molecule has 37 heavy (non-hydrogen) atoms. The third-order valence-corrected chi connectivity index (χ3v) is 6.88. The summed E-state index contributed by atoms with van der Waals surface area (Å²) in [5.41, 5.74) is 0.460. The minimum atomic E-state index is -3.88. The number of sulfonamides is 1. The maximum absolute atomic E-state index is 13.8. The van der Waals surface area contributed by atoms with Crippen LogP contribution in [0, 0.1) is 0 Å². The van der Waals surface area contributed by atoms with Gasteiger partial charge in [-0.25, -0.2) is 8.42 Å². The fourth-order valence-corrected chi connectivity index (χ4v) is 4.72. The minimum Gasteiger partial charge on any atom is -0.493 e. The summed E-state index contributed by atoms with van der Waals surface area (Å²) in [6, 6.07) is 10.7. The number of halogens is 1. The van der Waals surface area contributed by atoms with Gasteiger partial charge < -0.3 is 19.7 Å². The number of benzene rings is 2. The van der Waals surface area contributed by atoms with Crippen LogP contribution in [0.1, 0.15) is 39.7 Å². The molecule has 204 valence electrons. The van der Waals surface area contributed by atoms with Crippen LogP contribution in [0.15, 0.2) is 42.5 Å². The van der Waals surface area contributed by atoms with Gasteiger partial charge in [-0.15, -0.1) is 0 Å². The molecule has 1 atom stereocenters. The molecule has 2 aromatic carbocycles. The first-order valence-corrected chi connectivity index (χ1v) is 14.0. The Balaban J connectivity index is 2.50. The number of ether oxygens (including phenoxy) is 2. The molecule has 0 aliphatic rings. The molecule has 11 heteroatoms. The van der Waals surface area contributed by atoms with Crippen molar-refractivity contribution in [1.82, 2.24) is 10.2 Å². The molecule has 0 radical (unpaired) electrons. The predicted molar refractivity (Wildman–Crippen MR) is 146 cm³/mol. The summed E-state index contributed by atoms with van der Waals surface area (Å²) in [4.78, 5) is 28.4. The molecule has 0 aliphatic carbocycles. The standard InChI is InChI=1S/C26H36ClN3O6S/c1-8-21(25(32)28-26(2,3)4)29(16-18-9-11-19(27)12-10-18)24(31)17-30(37(7,33)34)20-13-14-22(35-5)23(15-20)36-6/h9-15,21H,8,16-17H2,1-7H3,(H,28,32)/t21-/m0/s1. The van der Waals surface area contributed by atoms with Crippen molar-refractivity contribution < 1.29 is 27.5 Å². The van der Waals surface area contributed by atoms with E-state index < -0.39 is 34.1 Å². The lowest BCUT2D eigenvalue weighted by Gasteiger charge is -2.34. The molecule has 0 spiro atoms. The van der Waals surface area contributed by atoms with Crippen molar-refractivity contribution in [3.8, 4) is 11.5 Å². The summed E-state index contributed by atoms with van der Waals surface area (Å²) >= 11 is 6.02. The van der Waals surface area contributed by atoms with Gasteiger partial charge in [0.1, 0.15) is 12.6 Å². The van der Waals surface area contributed by atoms with Gasteiger partial charge in [0, 0.05) is 23.2 Å². The van der Waals surface area contributed by atoms with Crippen molar-refractivity contribution in [2.24, 2.45) is 0 Å². The average Bonchev–Trinajstić information content (AvgIpc) is 2.81. The fourth-order valence-electron chi connectivity index (χ4n) is 3.75. The molecular formula is C26H36ClN3O6S. The lowest BCUT2D eigenvalue weighted by molar-refractivity contribution is -0.141. The van der Waals surface area contributed by atoms with Crippen molar-refractivity contribution in [3.05, 3.63) is 53.1 Å². The number of rotatable bonds is 11. The summed E-state index contributed by atoms with van der Waals surface area (Å²) in [6.45, 7) is 6.94. The van der Waals surface area contributed by atoms with Crippen LogP contribution in [-0.4, -0.2) is 63.7 Å². The topological polar surface area (TPSA) is 105 Å². The van der Waals surface area contributed by atoms with Gasteiger partial charge >= 0.3 is 0 Å².